The Labute approximate surface area is 103 Å². The summed E-state index contributed by atoms with van der Waals surface area (Å²) in [6, 6.07) is 3.73. The molecule has 1 saturated heterocycles. The van der Waals surface area contributed by atoms with Gasteiger partial charge in [-0.05, 0) is 11.4 Å². The monoisotopic (exact) mass is 251 g/mol. The Morgan fingerprint density at radius 2 is 2.65 bits per heavy atom. The van der Waals surface area contributed by atoms with Crippen LogP contribution in [-0.2, 0) is 9.53 Å². The first-order valence-corrected chi connectivity index (χ1v) is 6.27. The quantitative estimate of drug-likeness (QED) is 0.838. The topological polar surface area (TPSA) is 74.2 Å². The molecular formula is C11H13N3O2S. The summed E-state index contributed by atoms with van der Waals surface area (Å²) in [7, 11) is 0. The molecule has 1 fully saturated rings. The molecule has 1 aliphatic rings. The maximum absolute atomic E-state index is 11.7. The maximum atomic E-state index is 11.7. The Kier molecular flexibility index (Phi) is 4.09. The number of amides is 1. The van der Waals surface area contributed by atoms with Crippen molar-refractivity contribution in [2.24, 2.45) is 0 Å². The van der Waals surface area contributed by atoms with E-state index in [1.165, 1.54) is 11.3 Å². The average molecular weight is 251 g/mol. The molecule has 1 amide bonds. The Morgan fingerprint density at radius 3 is 3.35 bits per heavy atom. The fourth-order valence-electron chi connectivity index (χ4n) is 1.63. The molecule has 0 spiro atoms. The van der Waals surface area contributed by atoms with Crippen LogP contribution in [0.3, 0.4) is 0 Å². The lowest BCUT2D eigenvalue weighted by Gasteiger charge is -2.22. The average Bonchev–Trinajstić information content (AvgIpc) is 2.77. The van der Waals surface area contributed by atoms with E-state index >= 15 is 0 Å². The minimum Gasteiger partial charge on any atom is -0.375 e. The highest BCUT2D eigenvalue weighted by Gasteiger charge is 2.18. The van der Waals surface area contributed by atoms with E-state index in [0.29, 0.717) is 30.1 Å². The maximum Gasteiger partial charge on any atom is 0.227 e. The molecule has 2 rings (SSSR count). The van der Waals surface area contributed by atoms with Gasteiger partial charge in [-0.3, -0.25) is 4.79 Å². The van der Waals surface area contributed by atoms with E-state index in [4.69, 9.17) is 10.00 Å². The summed E-state index contributed by atoms with van der Waals surface area (Å²) in [6.45, 7) is 2.17. The number of anilines is 1. The normalized spacial score (nSPS) is 19.6. The molecule has 0 aliphatic carbocycles. The Hall–Kier alpha value is -1.42. The minimum atomic E-state index is -0.113. The number of ether oxygens (including phenoxy) is 1. The second kappa shape index (κ2) is 5.77. The van der Waals surface area contributed by atoms with Gasteiger partial charge in [-0.1, -0.05) is 0 Å². The molecule has 1 unspecified atom stereocenters. The van der Waals surface area contributed by atoms with Crippen LogP contribution in [0, 0.1) is 11.3 Å². The number of carbonyl (C=O) groups is 1. The summed E-state index contributed by atoms with van der Waals surface area (Å²) in [4.78, 5) is 11.7. The second-order valence-corrected chi connectivity index (χ2v) is 4.64. The van der Waals surface area contributed by atoms with Crippen LogP contribution in [0.5, 0.6) is 0 Å². The van der Waals surface area contributed by atoms with Crippen molar-refractivity contribution in [3.8, 4) is 6.07 Å². The molecule has 17 heavy (non-hydrogen) atoms. The zero-order valence-corrected chi connectivity index (χ0v) is 10.0. The molecule has 1 aromatic rings. The minimum absolute atomic E-state index is 0.0748. The Balaban J connectivity index is 1.87. The summed E-state index contributed by atoms with van der Waals surface area (Å²) in [6.07, 6.45) is 0.240. The van der Waals surface area contributed by atoms with Crippen molar-refractivity contribution in [2.45, 2.75) is 12.5 Å². The van der Waals surface area contributed by atoms with Crippen molar-refractivity contribution in [3.63, 3.8) is 0 Å². The van der Waals surface area contributed by atoms with Crippen molar-refractivity contribution in [1.29, 1.82) is 5.26 Å². The lowest BCUT2D eigenvalue weighted by Crippen LogP contribution is -2.40. The predicted molar refractivity (Wildman–Crippen MR) is 64.9 cm³/mol. The van der Waals surface area contributed by atoms with Crippen LogP contribution in [0.25, 0.3) is 0 Å². The van der Waals surface area contributed by atoms with Crippen LogP contribution in [-0.4, -0.2) is 31.7 Å². The molecule has 0 radical (unpaired) electrons. The number of rotatable bonds is 3. The van der Waals surface area contributed by atoms with Crippen LogP contribution in [0.15, 0.2) is 11.4 Å². The summed E-state index contributed by atoms with van der Waals surface area (Å²) in [5.41, 5.74) is 0.506. The van der Waals surface area contributed by atoms with Gasteiger partial charge in [-0.15, -0.1) is 11.3 Å². The Morgan fingerprint density at radius 1 is 1.76 bits per heavy atom. The lowest BCUT2D eigenvalue weighted by molar-refractivity contribution is -0.119. The standard InChI is InChI=1S/C11H13N3O2S/c12-6-8-1-4-17-11(8)14-10(15)5-9-7-13-2-3-16-9/h1,4,9,13H,2-3,5,7H2,(H,14,15). The van der Waals surface area contributed by atoms with Crippen molar-refractivity contribution in [2.75, 3.05) is 25.0 Å². The summed E-state index contributed by atoms with van der Waals surface area (Å²) >= 11 is 1.35. The molecule has 2 heterocycles. The van der Waals surface area contributed by atoms with Gasteiger partial charge in [0, 0.05) is 13.1 Å². The van der Waals surface area contributed by atoms with Crippen molar-refractivity contribution >= 4 is 22.2 Å². The van der Waals surface area contributed by atoms with E-state index in [0.717, 1.165) is 6.54 Å². The summed E-state index contributed by atoms with van der Waals surface area (Å²) in [5, 5.41) is 17.1. The van der Waals surface area contributed by atoms with Crippen LogP contribution >= 0.6 is 11.3 Å². The first-order valence-electron chi connectivity index (χ1n) is 5.39. The highest BCUT2D eigenvalue weighted by Crippen LogP contribution is 2.22. The van der Waals surface area contributed by atoms with Gasteiger partial charge in [-0.25, -0.2) is 0 Å². The summed E-state index contributed by atoms with van der Waals surface area (Å²) in [5.74, 6) is -0.113. The zero-order chi connectivity index (χ0) is 12.1. The third-order valence-corrected chi connectivity index (χ3v) is 3.29. The number of nitriles is 1. The third kappa shape index (κ3) is 3.27. The van der Waals surface area contributed by atoms with Crippen LogP contribution < -0.4 is 10.6 Å². The van der Waals surface area contributed by atoms with Crippen LogP contribution in [0.4, 0.5) is 5.00 Å². The van der Waals surface area contributed by atoms with Gasteiger partial charge in [0.05, 0.1) is 24.7 Å². The molecular weight excluding hydrogens is 238 g/mol. The van der Waals surface area contributed by atoms with Gasteiger partial charge in [-0.2, -0.15) is 5.26 Å². The number of morpholine rings is 1. The van der Waals surface area contributed by atoms with E-state index in [9.17, 15) is 4.79 Å². The van der Waals surface area contributed by atoms with E-state index in [1.807, 2.05) is 6.07 Å². The molecule has 0 aromatic carbocycles. The SMILES string of the molecule is N#Cc1ccsc1NC(=O)CC1CNCCO1. The van der Waals surface area contributed by atoms with Crippen LogP contribution in [0.1, 0.15) is 12.0 Å². The predicted octanol–water partition coefficient (Wildman–Crippen LogP) is 0.937. The molecule has 0 bridgehead atoms. The van der Waals surface area contributed by atoms with E-state index < -0.39 is 0 Å². The molecule has 6 heteroatoms. The number of hydrogen-bond acceptors (Lipinski definition) is 5. The first-order chi connectivity index (χ1) is 8.29. The molecule has 1 aliphatic heterocycles. The number of carbonyl (C=O) groups excluding carboxylic acids is 1. The second-order valence-electron chi connectivity index (χ2n) is 3.72. The smallest absolute Gasteiger partial charge is 0.227 e. The van der Waals surface area contributed by atoms with E-state index in [1.54, 1.807) is 11.4 Å². The van der Waals surface area contributed by atoms with Crippen molar-refractivity contribution < 1.29 is 9.53 Å². The van der Waals surface area contributed by atoms with Crippen molar-refractivity contribution in [1.82, 2.24) is 5.32 Å². The van der Waals surface area contributed by atoms with Gasteiger partial charge >= 0.3 is 0 Å². The van der Waals surface area contributed by atoms with Crippen LogP contribution in [0.2, 0.25) is 0 Å². The molecule has 1 atom stereocenters. The highest BCUT2D eigenvalue weighted by atomic mass is 32.1. The van der Waals surface area contributed by atoms with E-state index in [2.05, 4.69) is 10.6 Å². The summed E-state index contributed by atoms with van der Waals surface area (Å²) < 4.78 is 5.44. The van der Waals surface area contributed by atoms with Gasteiger partial charge in [0.2, 0.25) is 5.91 Å². The molecule has 1 aromatic heterocycles. The number of nitrogens with zero attached hydrogens (tertiary/aromatic N) is 1. The molecule has 90 valence electrons. The first kappa shape index (κ1) is 12.0. The molecule has 5 nitrogen and oxygen atoms in total. The highest BCUT2D eigenvalue weighted by molar-refractivity contribution is 7.14. The number of thiophene rings is 1. The van der Waals surface area contributed by atoms with E-state index in [-0.39, 0.29) is 12.0 Å². The largest absolute Gasteiger partial charge is 0.375 e. The third-order valence-electron chi connectivity index (χ3n) is 2.46. The molecule has 2 N–H and O–H groups in total. The van der Waals surface area contributed by atoms with Gasteiger partial charge in [0.25, 0.3) is 0 Å². The van der Waals surface area contributed by atoms with Gasteiger partial charge < -0.3 is 15.4 Å². The lowest BCUT2D eigenvalue weighted by atomic mass is 10.2. The number of hydrogen-bond donors (Lipinski definition) is 2. The van der Waals surface area contributed by atoms with Gasteiger partial charge in [0.1, 0.15) is 11.1 Å². The number of nitrogens with one attached hydrogen (secondary N) is 2. The fourth-order valence-corrected chi connectivity index (χ4v) is 2.38. The van der Waals surface area contributed by atoms with Gasteiger partial charge in [0.15, 0.2) is 0 Å². The van der Waals surface area contributed by atoms with Crippen molar-refractivity contribution in [3.05, 3.63) is 17.0 Å². The zero-order valence-electron chi connectivity index (χ0n) is 9.23. The fraction of sp³-hybridized carbons (Fsp3) is 0.455. The Bertz CT molecular complexity index is 432. The molecule has 0 saturated carbocycles.